The summed E-state index contributed by atoms with van der Waals surface area (Å²) in [7, 11) is 0. The van der Waals surface area contributed by atoms with Crippen LogP contribution in [0.2, 0.25) is 10.0 Å². The molecule has 0 bridgehead atoms. The summed E-state index contributed by atoms with van der Waals surface area (Å²) in [5, 5.41) is 11.2. The average molecular weight is 296 g/mol. The lowest BCUT2D eigenvalue weighted by Crippen LogP contribution is -2.27. The summed E-state index contributed by atoms with van der Waals surface area (Å²) in [4.78, 5) is 12.2. The number of aryl methyl sites for hydroxylation is 1. The fraction of sp³-hybridized carbons (Fsp3) is 0.0714. The summed E-state index contributed by atoms with van der Waals surface area (Å²) >= 11 is 11.7. The van der Waals surface area contributed by atoms with Crippen LogP contribution < -0.4 is 5.06 Å². The van der Waals surface area contributed by atoms with Crippen LogP contribution in [-0.4, -0.2) is 11.1 Å². The molecule has 2 rings (SSSR count). The van der Waals surface area contributed by atoms with E-state index in [2.05, 4.69) is 0 Å². The van der Waals surface area contributed by atoms with Crippen LogP contribution in [0.3, 0.4) is 0 Å². The van der Waals surface area contributed by atoms with Crippen molar-refractivity contribution in [3.63, 3.8) is 0 Å². The lowest BCUT2D eigenvalue weighted by atomic mass is 10.1. The average Bonchev–Trinajstić information content (AvgIpc) is 2.38. The molecule has 5 heteroatoms. The Balaban J connectivity index is 2.37. The first kappa shape index (κ1) is 13.9. The Kier molecular flexibility index (Phi) is 4.10. The molecular formula is C14H11Cl2NO2. The van der Waals surface area contributed by atoms with Crippen molar-refractivity contribution in [3.8, 4) is 0 Å². The molecule has 0 unspecified atom stereocenters. The lowest BCUT2D eigenvalue weighted by molar-refractivity contribution is 0.0854. The molecule has 1 N–H and O–H groups in total. The number of nitrogens with zero attached hydrogens (tertiary/aromatic N) is 1. The number of hydrogen-bond donors (Lipinski definition) is 1. The number of carbonyl (C=O) groups is 1. The zero-order valence-corrected chi connectivity index (χ0v) is 11.6. The van der Waals surface area contributed by atoms with Crippen molar-refractivity contribution in [2.24, 2.45) is 0 Å². The van der Waals surface area contributed by atoms with Gasteiger partial charge in [0.2, 0.25) is 0 Å². The van der Waals surface area contributed by atoms with Crippen LogP contribution >= 0.6 is 23.2 Å². The molecule has 98 valence electrons. The summed E-state index contributed by atoms with van der Waals surface area (Å²) in [6.45, 7) is 1.80. The van der Waals surface area contributed by atoms with Crippen LogP contribution in [0.5, 0.6) is 0 Å². The van der Waals surface area contributed by atoms with E-state index in [-0.39, 0.29) is 10.6 Å². The van der Waals surface area contributed by atoms with Gasteiger partial charge in [-0.05, 0) is 36.8 Å². The van der Waals surface area contributed by atoms with Crippen LogP contribution in [0.1, 0.15) is 15.9 Å². The maximum Gasteiger partial charge on any atom is 0.283 e. The first-order chi connectivity index (χ1) is 9.00. The molecule has 0 aromatic heterocycles. The van der Waals surface area contributed by atoms with Gasteiger partial charge in [0.15, 0.2) is 0 Å². The van der Waals surface area contributed by atoms with Crippen molar-refractivity contribution in [2.75, 3.05) is 5.06 Å². The third-order valence-corrected chi connectivity index (χ3v) is 3.25. The minimum Gasteiger partial charge on any atom is -0.281 e. The zero-order chi connectivity index (χ0) is 14.0. The molecule has 0 radical (unpaired) electrons. The molecule has 0 spiro atoms. The molecule has 0 aliphatic carbocycles. The number of benzene rings is 2. The van der Waals surface area contributed by atoms with Crippen LogP contribution in [-0.2, 0) is 0 Å². The van der Waals surface area contributed by atoms with Gasteiger partial charge in [0.05, 0.1) is 16.3 Å². The van der Waals surface area contributed by atoms with Gasteiger partial charge in [0, 0.05) is 5.02 Å². The Labute approximate surface area is 120 Å². The summed E-state index contributed by atoms with van der Waals surface area (Å²) in [5.74, 6) is -0.601. The highest BCUT2D eigenvalue weighted by Crippen LogP contribution is 2.25. The molecule has 2 aromatic carbocycles. The van der Waals surface area contributed by atoms with Crippen LogP contribution in [0.15, 0.2) is 42.5 Å². The SMILES string of the molecule is Cc1ccccc1N(O)C(=O)c1ccc(Cl)cc1Cl. The maximum absolute atomic E-state index is 12.2. The molecule has 3 nitrogen and oxygen atoms in total. The second-order valence-corrected chi connectivity index (χ2v) is 4.87. The third-order valence-electron chi connectivity index (χ3n) is 2.70. The maximum atomic E-state index is 12.2. The smallest absolute Gasteiger partial charge is 0.281 e. The van der Waals surface area contributed by atoms with E-state index in [4.69, 9.17) is 23.2 Å². The van der Waals surface area contributed by atoms with Crippen molar-refractivity contribution in [3.05, 3.63) is 63.6 Å². The summed E-state index contributed by atoms with van der Waals surface area (Å²) in [6, 6.07) is 11.5. The molecule has 0 aliphatic rings. The first-order valence-corrected chi connectivity index (χ1v) is 6.30. The number of hydrogen-bond acceptors (Lipinski definition) is 2. The second kappa shape index (κ2) is 5.61. The fourth-order valence-corrected chi connectivity index (χ4v) is 2.18. The monoisotopic (exact) mass is 295 g/mol. The predicted octanol–water partition coefficient (Wildman–Crippen LogP) is 4.34. The van der Waals surface area contributed by atoms with Gasteiger partial charge in [-0.3, -0.25) is 10.0 Å². The Hall–Kier alpha value is -1.55. The molecule has 0 aliphatic heterocycles. The van der Waals surface area contributed by atoms with Crippen molar-refractivity contribution in [1.82, 2.24) is 0 Å². The fourth-order valence-electron chi connectivity index (χ4n) is 1.69. The number of anilines is 1. The molecule has 0 saturated heterocycles. The summed E-state index contributed by atoms with van der Waals surface area (Å²) < 4.78 is 0. The van der Waals surface area contributed by atoms with E-state index in [1.54, 1.807) is 31.2 Å². The topological polar surface area (TPSA) is 40.5 Å². The van der Waals surface area contributed by atoms with Gasteiger partial charge in [-0.25, -0.2) is 0 Å². The summed E-state index contributed by atoms with van der Waals surface area (Å²) in [6.07, 6.45) is 0. The minimum atomic E-state index is -0.601. The number of amides is 1. The number of para-hydroxylation sites is 1. The first-order valence-electron chi connectivity index (χ1n) is 5.54. The van der Waals surface area contributed by atoms with E-state index in [9.17, 15) is 10.0 Å². The number of rotatable bonds is 2. The van der Waals surface area contributed by atoms with Crippen LogP contribution in [0.25, 0.3) is 0 Å². The van der Waals surface area contributed by atoms with E-state index in [0.29, 0.717) is 15.8 Å². The highest BCUT2D eigenvalue weighted by atomic mass is 35.5. The number of carbonyl (C=O) groups excluding carboxylic acids is 1. The molecule has 0 heterocycles. The zero-order valence-electron chi connectivity index (χ0n) is 10.1. The number of hydroxylamine groups is 1. The van der Waals surface area contributed by atoms with Gasteiger partial charge in [-0.1, -0.05) is 41.4 Å². The summed E-state index contributed by atoms with van der Waals surface area (Å²) in [5.41, 5.74) is 1.39. The lowest BCUT2D eigenvalue weighted by Gasteiger charge is -2.17. The molecule has 2 aromatic rings. The molecule has 0 atom stereocenters. The molecular weight excluding hydrogens is 285 g/mol. The second-order valence-electron chi connectivity index (χ2n) is 4.03. The molecule has 1 amide bonds. The van der Waals surface area contributed by atoms with Crippen molar-refractivity contribution < 1.29 is 10.0 Å². The van der Waals surface area contributed by atoms with Gasteiger partial charge in [-0.15, -0.1) is 0 Å². The van der Waals surface area contributed by atoms with E-state index in [0.717, 1.165) is 5.56 Å². The normalized spacial score (nSPS) is 10.3. The molecule has 0 fully saturated rings. The Morgan fingerprint density at radius 3 is 2.47 bits per heavy atom. The highest BCUT2D eigenvalue weighted by Gasteiger charge is 2.19. The van der Waals surface area contributed by atoms with Crippen LogP contribution in [0.4, 0.5) is 5.69 Å². The van der Waals surface area contributed by atoms with E-state index < -0.39 is 5.91 Å². The van der Waals surface area contributed by atoms with E-state index in [1.165, 1.54) is 12.1 Å². The quantitative estimate of drug-likeness (QED) is 0.661. The van der Waals surface area contributed by atoms with E-state index >= 15 is 0 Å². The van der Waals surface area contributed by atoms with Crippen LogP contribution in [0, 0.1) is 6.92 Å². The van der Waals surface area contributed by atoms with E-state index in [1.807, 2.05) is 6.07 Å². The van der Waals surface area contributed by atoms with Gasteiger partial charge >= 0.3 is 0 Å². The molecule has 19 heavy (non-hydrogen) atoms. The Morgan fingerprint density at radius 1 is 1.16 bits per heavy atom. The molecule has 0 saturated carbocycles. The standard InChI is InChI=1S/C14H11Cl2NO2/c1-9-4-2-3-5-13(9)17(19)14(18)11-7-6-10(15)8-12(11)16/h2-8,19H,1H3. The largest absolute Gasteiger partial charge is 0.283 e. The highest BCUT2D eigenvalue weighted by molar-refractivity contribution is 6.37. The number of halogens is 2. The Bertz CT molecular complexity index is 629. The van der Waals surface area contributed by atoms with Gasteiger partial charge in [-0.2, -0.15) is 5.06 Å². The van der Waals surface area contributed by atoms with Gasteiger partial charge in [0.1, 0.15) is 0 Å². The predicted molar refractivity (Wildman–Crippen MR) is 76.2 cm³/mol. The van der Waals surface area contributed by atoms with Crippen molar-refractivity contribution in [2.45, 2.75) is 6.92 Å². The minimum absolute atomic E-state index is 0.191. The Morgan fingerprint density at radius 2 is 1.84 bits per heavy atom. The third kappa shape index (κ3) is 2.89. The van der Waals surface area contributed by atoms with Crippen molar-refractivity contribution >= 4 is 34.8 Å². The van der Waals surface area contributed by atoms with Gasteiger partial charge in [0.25, 0.3) is 5.91 Å². The van der Waals surface area contributed by atoms with Gasteiger partial charge < -0.3 is 0 Å². The van der Waals surface area contributed by atoms with Crippen molar-refractivity contribution in [1.29, 1.82) is 0 Å².